The fraction of sp³-hybridized carbons (Fsp3) is 0.846. The second kappa shape index (κ2) is 47.8. The van der Waals surface area contributed by atoms with Crippen LogP contribution >= 0.6 is 0 Å². The van der Waals surface area contributed by atoms with Gasteiger partial charge in [0.1, 0.15) is 0 Å². The van der Waals surface area contributed by atoms with Crippen LogP contribution in [0.3, 0.4) is 0 Å². The van der Waals surface area contributed by atoms with Crippen molar-refractivity contribution in [3.05, 3.63) is 36.5 Å². The molecular weight excluding hydrogens is 719 g/mol. The molecule has 0 spiro atoms. The Morgan fingerprint density at radius 2 is 0.879 bits per heavy atom. The van der Waals surface area contributed by atoms with Gasteiger partial charge in [-0.2, -0.15) is 0 Å². The third-order valence-electron chi connectivity index (χ3n) is 11.4. The molecule has 3 N–H and O–H groups in total. The lowest BCUT2D eigenvalue weighted by Gasteiger charge is -2.22. The molecule has 6 heteroatoms. The number of aliphatic hydroxyl groups is 2. The molecule has 0 rings (SSSR count). The van der Waals surface area contributed by atoms with Gasteiger partial charge < -0.3 is 20.3 Å². The quantitative estimate of drug-likeness (QED) is 0.0323. The molecule has 2 atom stereocenters. The third-order valence-corrected chi connectivity index (χ3v) is 11.4. The zero-order valence-corrected chi connectivity index (χ0v) is 38.5. The third kappa shape index (κ3) is 43.7. The summed E-state index contributed by atoms with van der Waals surface area (Å²) in [5.41, 5.74) is 0. The van der Waals surface area contributed by atoms with Crippen LogP contribution < -0.4 is 5.32 Å². The summed E-state index contributed by atoms with van der Waals surface area (Å²) in [4.78, 5) is 24.4. The molecule has 0 saturated carbocycles. The van der Waals surface area contributed by atoms with Crippen LogP contribution in [0.15, 0.2) is 36.5 Å². The first-order valence-electron chi connectivity index (χ1n) is 25.2. The standard InChI is InChI=1S/C52H97NO5/c1-3-5-7-9-11-13-15-17-22-26-30-34-38-42-46-52(57)58-47-43-39-35-31-27-23-20-18-19-21-25-29-33-37-41-45-51(56)53-49(48-54)50(55)44-40-36-32-28-24-16-14-12-10-8-6-4-2/h9,11,15,17,20,23,49-50,54-55H,3-8,10,12-14,16,18-19,21-22,24-48H2,1-2H3,(H,53,56)/b11-9-,17-15-,23-20-. The lowest BCUT2D eigenvalue weighted by Crippen LogP contribution is -2.45. The largest absolute Gasteiger partial charge is 0.466 e. The number of amides is 1. The summed E-state index contributed by atoms with van der Waals surface area (Å²) in [5, 5.41) is 23.1. The molecule has 0 bridgehead atoms. The highest BCUT2D eigenvalue weighted by atomic mass is 16.5. The minimum Gasteiger partial charge on any atom is -0.466 e. The molecule has 2 unspecified atom stereocenters. The van der Waals surface area contributed by atoms with E-state index in [0.717, 1.165) is 83.5 Å². The Kier molecular flexibility index (Phi) is 46.2. The van der Waals surface area contributed by atoms with Gasteiger partial charge in [0.05, 0.1) is 25.4 Å². The molecular formula is C52H97NO5. The van der Waals surface area contributed by atoms with Gasteiger partial charge in [-0.05, 0) is 77.0 Å². The van der Waals surface area contributed by atoms with E-state index in [1.165, 1.54) is 141 Å². The van der Waals surface area contributed by atoms with Crippen LogP contribution in [0.1, 0.15) is 258 Å². The second-order valence-corrected chi connectivity index (χ2v) is 17.1. The average Bonchev–Trinajstić information content (AvgIpc) is 3.22. The molecule has 58 heavy (non-hydrogen) atoms. The van der Waals surface area contributed by atoms with Gasteiger partial charge in [0.25, 0.3) is 0 Å². The van der Waals surface area contributed by atoms with Crippen LogP contribution in [-0.2, 0) is 14.3 Å². The molecule has 0 aliphatic carbocycles. The average molecular weight is 816 g/mol. The van der Waals surface area contributed by atoms with Crippen molar-refractivity contribution in [2.75, 3.05) is 13.2 Å². The van der Waals surface area contributed by atoms with Gasteiger partial charge in [-0.15, -0.1) is 0 Å². The number of unbranched alkanes of at least 4 members (excludes halogenated alkanes) is 29. The predicted molar refractivity (Wildman–Crippen MR) is 250 cm³/mol. The highest BCUT2D eigenvalue weighted by molar-refractivity contribution is 5.76. The van der Waals surface area contributed by atoms with E-state index in [9.17, 15) is 19.8 Å². The van der Waals surface area contributed by atoms with Crippen molar-refractivity contribution in [3.63, 3.8) is 0 Å². The number of hydrogen-bond acceptors (Lipinski definition) is 5. The van der Waals surface area contributed by atoms with E-state index in [4.69, 9.17) is 4.74 Å². The highest BCUT2D eigenvalue weighted by Gasteiger charge is 2.20. The maximum absolute atomic E-state index is 12.4. The number of allylic oxidation sites excluding steroid dienone is 6. The molecule has 0 radical (unpaired) electrons. The second-order valence-electron chi connectivity index (χ2n) is 17.1. The number of esters is 1. The van der Waals surface area contributed by atoms with Crippen molar-refractivity contribution in [1.82, 2.24) is 5.32 Å². The molecule has 6 nitrogen and oxygen atoms in total. The van der Waals surface area contributed by atoms with Gasteiger partial charge in [0, 0.05) is 12.8 Å². The van der Waals surface area contributed by atoms with Crippen molar-refractivity contribution in [2.45, 2.75) is 270 Å². The van der Waals surface area contributed by atoms with Gasteiger partial charge in [-0.3, -0.25) is 9.59 Å². The molecule has 0 saturated heterocycles. The van der Waals surface area contributed by atoms with E-state index >= 15 is 0 Å². The Morgan fingerprint density at radius 1 is 0.483 bits per heavy atom. The van der Waals surface area contributed by atoms with E-state index in [2.05, 4.69) is 55.6 Å². The predicted octanol–water partition coefficient (Wildman–Crippen LogP) is 14.9. The van der Waals surface area contributed by atoms with Gasteiger partial charge in [0.2, 0.25) is 5.91 Å². The van der Waals surface area contributed by atoms with Gasteiger partial charge >= 0.3 is 5.97 Å². The number of carbonyl (C=O) groups is 2. The Bertz CT molecular complexity index is 946. The summed E-state index contributed by atoms with van der Waals surface area (Å²) in [5.74, 6) is -0.0778. The van der Waals surface area contributed by atoms with Crippen LogP contribution in [0.5, 0.6) is 0 Å². The Balaban J connectivity index is 3.49. The zero-order valence-electron chi connectivity index (χ0n) is 38.5. The number of hydrogen-bond donors (Lipinski definition) is 3. The summed E-state index contributed by atoms with van der Waals surface area (Å²) in [6.07, 6.45) is 56.8. The Hall–Kier alpha value is -1.92. The lowest BCUT2D eigenvalue weighted by atomic mass is 10.0. The van der Waals surface area contributed by atoms with Gasteiger partial charge in [-0.1, -0.05) is 204 Å². The molecule has 0 aromatic heterocycles. The maximum atomic E-state index is 12.4. The fourth-order valence-corrected chi connectivity index (χ4v) is 7.47. The smallest absolute Gasteiger partial charge is 0.305 e. The van der Waals surface area contributed by atoms with Crippen molar-refractivity contribution in [2.24, 2.45) is 0 Å². The molecule has 0 aromatic carbocycles. The zero-order chi connectivity index (χ0) is 42.3. The number of aliphatic hydroxyl groups excluding tert-OH is 2. The van der Waals surface area contributed by atoms with E-state index in [1.54, 1.807) is 0 Å². The molecule has 0 heterocycles. The molecule has 1 amide bonds. The normalized spacial score (nSPS) is 13.0. The van der Waals surface area contributed by atoms with E-state index in [0.29, 0.717) is 25.9 Å². The fourth-order valence-electron chi connectivity index (χ4n) is 7.47. The number of rotatable bonds is 46. The molecule has 0 aliphatic heterocycles. The summed E-state index contributed by atoms with van der Waals surface area (Å²) >= 11 is 0. The van der Waals surface area contributed by atoms with Crippen LogP contribution in [0.2, 0.25) is 0 Å². The van der Waals surface area contributed by atoms with E-state index in [1.807, 2.05) is 0 Å². The van der Waals surface area contributed by atoms with Gasteiger partial charge in [-0.25, -0.2) is 0 Å². The molecule has 0 aromatic rings. The van der Waals surface area contributed by atoms with Crippen molar-refractivity contribution < 1.29 is 24.5 Å². The highest BCUT2D eigenvalue weighted by Crippen LogP contribution is 2.15. The number of carbonyl (C=O) groups excluding carboxylic acids is 2. The molecule has 0 fully saturated rings. The Morgan fingerprint density at radius 3 is 1.38 bits per heavy atom. The number of ether oxygens (including phenoxy) is 1. The first kappa shape index (κ1) is 56.1. The maximum Gasteiger partial charge on any atom is 0.305 e. The lowest BCUT2D eigenvalue weighted by molar-refractivity contribution is -0.143. The van der Waals surface area contributed by atoms with Crippen molar-refractivity contribution in [1.29, 1.82) is 0 Å². The van der Waals surface area contributed by atoms with Crippen molar-refractivity contribution in [3.8, 4) is 0 Å². The van der Waals surface area contributed by atoms with Crippen LogP contribution in [-0.4, -0.2) is 47.4 Å². The molecule has 0 aliphatic rings. The topological polar surface area (TPSA) is 95.9 Å². The van der Waals surface area contributed by atoms with Crippen molar-refractivity contribution >= 4 is 11.9 Å². The van der Waals surface area contributed by atoms with Crippen LogP contribution in [0.4, 0.5) is 0 Å². The molecule has 340 valence electrons. The Labute approximate surface area is 360 Å². The summed E-state index contributed by atoms with van der Waals surface area (Å²) in [6, 6.07) is -0.552. The summed E-state index contributed by atoms with van der Waals surface area (Å²) in [6.45, 7) is 4.85. The SMILES string of the molecule is CCCC/C=C\C/C=C\CCCCCCCC(=O)OCCCCCC/C=C\CCCCCCCCCC(=O)NC(CO)C(O)CCCCCCCCCCCCCC. The monoisotopic (exact) mass is 816 g/mol. The van der Waals surface area contributed by atoms with Crippen LogP contribution in [0.25, 0.3) is 0 Å². The van der Waals surface area contributed by atoms with E-state index < -0.39 is 12.1 Å². The number of nitrogens with one attached hydrogen (secondary N) is 1. The summed E-state index contributed by atoms with van der Waals surface area (Å²) in [7, 11) is 0. The first-order valence-corrected chi connectivity index (χ1v) is 25.2. The summed E-state index contributed by atoms with van der Waals surface area (Å²) < 4.78 is 5.44. The minimum atomic E-state index is -0.674. The minimum absolute atomic E-state index is 0.0254. The first-order chi connectivity index (χ1) is 28.5. The van der Waals surface area contributed by atoms with Gasteiger partial charge in [0.15, 0.2) is 0 Å². The van der Waals surface area contributed by atoms with Crippen LogP contribution in [0, 0.1) is 0 Å². The van der Waals surface area contributed by atoms with E-state index in [-0.39, 0.29) is 18.5 Å².